The molecule has 5 aromatic rings. The highest BCUT2D eigenvalue weighted by Crippen LogP contribution is 2.37. The van der Waals surface area contributed by atoms with Crippen LogP contribution in [0, 0.1) is 45.3 Å². The maximum atomic E-state index is 11.6. The SMILES string of the molecule is N#CC(C#N)=C(C(c1ccc(N(c2ccccc2)c2ccccc2)cc1)=c1ccc(=C(C#N)C#N)cc1)c1ccc(C(=O)O)cc1. The summed E-state index contributed by atoms with van der Waals surface area (Å²) in [5.74, 6) is -1.10. The molecular formula is C39H23N5O2. The first-order valence-electron chi connectivity index (χ1n) is 14.0. The van der Waals surface area contributed by atoms with Gasteiger partial charge in [-0.2, -0.15) is 21.0 Å². The van der Waals surface area contributed by atoms with Crippen LogP contribution in [0.1, 0.15) is 21.5 Å². The van der Waals surface area contributed by atoms with E-state index in [0.717, 1.165) is 17.1 Å². The van der Waals surface area contributed by atoms with Gasteiger partial charge in [-0.25, -0.2) is 4.79 Å². The van der Waals surface area contributed by atoms with Crippen molar-refractivity contribution in [2.24, 2.45) is 0 Å². The molecule has 7 nitrogen and oxygen atoms in total. The number of para-hydroxylation sites is 2. The van der Waals surface area contributed by atoms with Crippen LogP contribution in [-0.4, -0.2) is 11.1 Å². The Labute approximate surface area is 265 Å². The highest BCUT2D eigenvalue weighted by atomic mass is 16.4. The lowest BCUT2D eigenvalue weighted by Crippen LogP contribution is -2.15. The van der Waals surface area contributed by atoms with Crippen LogP contribution in [0.2, 0.25) is 0 Å². The fourth-order valence-electron chi connectivity index (χ4n) is 5.12. The quantitative estimate of drug-likeness (QED) is 0.206. The minimum absolute atomic E-state index is 0.0471. The topological polar surface area (TPSA) is 136 Å². The molecule has 0 saturated heterocycles. The molecule has 0 aliphatic heterocycles. The Balaban J connectivity index is 1.78. The number of benzene rings is 5. The van der Waals surface area contributed by atoms with Gasteiger partial charge in [0.15, 0.2) is 0 Å². The van der Waals surface area contributed by atoms with Crippen molar-refractivity contribution in [3.63, 3.8) is 0 Å². The van der Waals surface area contributed by atoms with E-state index in [2.05, 4.69) is 4.90 Å². The molecule has 0 aliphatic carbocycles. The number of allylic oxidation sites excluding steroid dienone is 2. The van der Waals surface area contributed by atoms with Crippen molar-refractivity contribution >= 4 is 39.8 Å². The highest BCUT2D eigenvalue weighted by molar-refractivity contribution is 6.08. The minimum atomic E-state index is -1.10. The molecule has 0 aromatic heterocycles. The van der Waals surface area contributed by atoms with E-state index in [9.17, 15) is 30.9 Å². The molecule has 0 spiro atoms. The van der Waals surface area contributed by atoms with E-state index in [1.807, 2.05) is 109 Å². The molecule has 0 aliphatic rings. The summed E-state index contributed by atoms with van der Waals surface area (Å²) in [5, 5.41) is 49.4. The summed E-state index contributed by atoms with van der Waals surface area (Å²) in [6, 6.07) is 48.1. The van der Waals surface area contributed by atoms with Crippen LogP contribution in [0.5, 0.6) is 0 Å². The second kappa shape index (κ2) is 13.9. The molecule has 0 atom stereocenters. The molecule has 0 saturated carbocycles. The summed E-state index contributed by atoms with van der Waals surface area (Å²) in [6.45, 7) is 0. The average molecular weight is 594 g/mol. The van der Waals surface area contributed by atoms with Gasteiger partial charge in [-0.3, -0.25) is 0 Å². The second-order valence-electron chi connectivity index (χ2n) is 9.96. The number of nitriles is 4. The Kier molecular flexibility index (Phi) is 9.12. The fourth-order valence-corrected chi connectivity index (χ4v) is 5.12. The molecule has 0 heterocycles. The molecule has 0 fully saturated rings. The van der Waals surface area contributed by atoms with E-state index in [1.54, 1.807) is 36.4 Å². The van der Waals surface area contributed by atoms with E-state index in [4.69, 9.17) is 0 Å². The van der Waals surface area contributed by atoms with Gasteiger partial charge in [0.2, 0.25) is 0 Å². The van der Waals surface area contributed by atoms with E-state index < -0.39 is 5.97 Å². The summed E-state index contributed by atoms with van der Waals surface area (Å²) in [6.07, 6.45) is 0. The van der Waals surface area contributed by atoms with Crippen LogP contribution in [0.25, 0.3) is 16.7 Å². The first-order chi connectivity index (χ1) is 22.5. The van der Waals surface area contributed by atoms with Crippen LogP contribution in [0.3, 0.4) is 0 Å². The molecule has 5 aromatic carbocycles. The predicted molar refractivity (Wildman–Crippen MR) is 176 cm³/mol. The first-order valence-corrected chi connectivity index (χ1v) is 14.0. The molecule has 216 valence electrons. The van der Waals surface area contributed by atoms with Crippen molar-refractivity contribution < 1.29 is 9.90 Å². The van der Waals surface area contributed by atoms with Gasteiger partial charge in [0.1, 0.15) is 35.4 Å². The van der Waals surface area contributed by atoms with Gasteiger partial charge in [0.05, 0.1) is 5.56 Å². The average Bonchev–Trinajstić information content (AvgIpc) is 3.11. The Hall–Kier alpha value is -7.19. The summed E-state index contributed by atoms with van der Waals surface area (Å²) in [4.78, 5) is 13.7. The van der Waals surface area contributed by atoms with Gasteiger partial charge < -0.3 is 10.0 Å². The number of nitrogens with zero attached hydrogens (tertiary/aromatic N) is 5. The minimum Gasteiger partial charge on any atom is -0.478 e. The number of hydrogen-bond donors (Lipinski definition) is 1. The van der Waals surface area contributed by atoms with Gasteiger partial charge in [0.25, 0.3) is 0 Å². The number of anilines is 3. The molecule has 46 heavy (non-hydrogen) atoms. The maximum absolute atomic E-state index is 11.6. The lowest BCUT2D eigenvalue weighted by Gasteiger charge is -2.25. The van der Waals surface area contributed by atoms with Crippen LogP contribution >= 0.6 is 0 Å². The third kappa shape index (κ3) is 6.26. The number of aromatic carboxylic acids is 1. The molecule has 0 amide bonds. The van der Waals surface area contributed by atoms with E-state index >= 15 is 0 Å². The standard InChI is InChI=1S/C39H23N5O2/c40-23-32(24-41)27-11-13-28(14-12-27)37(38(33(25-42)26-43)29-15-17-31(18-16-29)39(45)46)30-19-21-36(22-20-30)44(34-7-3-1-4-8-34)35-9-5-2-6-10-35/h1-22H,(H,45,46). The number of carboxylic acids is 1. The van der Waals surface area contributed by atoms with E-state index in [1.165, 1.54) is 12.1 Å². The van der Waals surface area contributed by atoms with Crippen molar-refractivity contribution in [3.05, 3.63) is 166 Å². The monoisotopic (exact) mass is 593 g/mol. The van der Waals surface area contributed by atoms with Crippen molar-refractivity contribution in [1.29, 1.82) is 21.0 Å². The third-order valence-electron chi connectivity index (χ3n) is 7.27. The van der Waals surface area contributed by atoms with Crippen molar-refractivity contribution in [2.45, 2.75) is 0 Å². The maximum Gasteiger partial charge on any atom is 0.335 e. The smallest absolute Gasteiger partial charge is 0.335 e. The number of hydrogen-bond acceptors (Lipinski definition) is 6. The summed E-state index contributed by atoms with van der Waals surface area (Å²) in [7, 11) is 0. The number of carbonyl (C=O) groups is 1. The zero-order valence-corrected chi connectivity index (χ0v) is 24.3. The molecule has 0 radical (unpaired) electrons. The normalized spacial score (nSPS) is 9.83. The first kappa shape index (κ1) is 30.3. The number of carboxylic acid groups (broad SMARTS) is 1. The zero-order valence-electron chi connectivity index (χ0n) is 24.3. The van der Waals surface area contributed by atoms with Gasteiger partial charge in [0, 0.05) is 27.9 Å². The molecule has 7 heteroatoms. The fraction of sp³-hybridized carbons (Fsp3) is 0. The second-order valence-corrected chi connectivity index (χ2v) is 9.96. The Morgan fingerprint density at radius 3 is 1.39 bits per heavy atom. The Morgan fingerprint density at radius 1 is 0.500 bits per heavy atom. The largest absolute Gasteiger partial charge is 0.478 e. The lowest BCUT2D eigenvalue weighted by atomic mass is 9.87. The van der Waals surface area contributed by atoms with Crippen molar-refractivity contribution in [3.8, 4) is 24.3 Å². The van der Waals surface area contributed by atoms with Gasteiger partial charge in [-0.05, 0) is 70.4 Å². The van der Waals surface area contributed by atoms with E-state index in [0.29, 0.717) is 32.7 Å². The molecular weight excluding hydrogens is 570 g/mol. The molecule has 5 rings (SSSR count). The van der Waals surface area contributed by atoms with Crippen LogP contribution in [-0.2, 0) is 0 Å². The lowest BCUT2D eigenvalue weighted by molar-refractivity contribution is 0.0697. The summed E-state index contributed by atoms with van der Waals surface area (Å²) in [5.41, 5.74) is 4.65. The van der Waals surface area contributed by atoms with E-state index in [-0.39, 0.29) is 16.7 Å². The van der Waals surface area contributed by atoms with Gasteiger partial charge in [-0.1, -0.05) is 84.9 Å². The summed E-state index contributed by atoms with van der Waals surface area (Å²) >= 11 is 0. The Bertz CT molecular complexity index is 2150. The van der Waals surface area contributed by atoms with Gasteiger partial charge >= 0.3 is 5.97 Å². The molecule has 0 unspecified atom stereocenters. The summed E-state index contributed by atoms with van der Waals surface area (Å²) < 4.78 is 0. The highest BCUT2D eigenvalue weighted by Gasteiger charge is 2.19. The van der Waals surface area contributed by atoms with Crippen LogP contribution < -0.4 is 15.3 Å². The zero-order chi connectivity index (χ0) is 32.5. The van der Waals surface area contributed by atoms with Gasteiger partial charge in [-0.15, -0.1) is 0 Å². The Morgan fingerprint density at radius 2 is 0.935 bits per heavy atom. The van der Waals surface area contributed by atoms with Crippen molar-refractivity contribution in [1.82, 2.24) is 0 Å². The molecule has 1 N–H and O–H groups in total. The molecule has 0 bridgehead atoms. The number of rotatable bonds is 7. The van der Waals surface area contributed by atoms with Crippen LogP contribution in [0.4, 0.5) is 17.1 Å². The van der Waals surface area contributed by atoms with Crippen molar-refractivity contribution in [2.75, 3.05) is 4.90 Å². The predicted octanol–water partition coefficient (Wildman–Crippen LogP) is 6.75. The third-order valence-corrected chi connectivity index (χ3v) is 7.27. The van der Waals surface area contributed by atoms with Crippen LogP contribution in [0.15, 0.2) is 139 Å².